The van der Waals surface area contributed by atoms with Crippen molar-refractivity contribution in [3.63, 3.8) is 0 Å². The van der Waals surface area contributed by atoms with E-state index < -0.39 is 10.7 Å². The molecule has 0 aliphatic rings. The number of fused-ring (bicyclic) bond motifs is 1. The summed E-state index contributed by atoms with van der Waals surface area (Å²) in [6, 6.07) is 5.86. The van der Waals surface area contributed by atoms with Crippen molar-refractivity contribution in [1.29, 1.82) is 0 Å². The molecule has 2 aromatic heterocycles. The Labute approximate surface area is 106 Å². The number of benzene rings is 1. The summed E-state index contributed by atoms with van der Waals surface area (Å²) in [5, 5.41) is 10.8. The van der Waals surface area contributed by atoms with E-state index >= 15 is 0 Å². The van der Waals surface area contributed by atoms with Gasteiger partial charge in [-0.15, -0.1) is 0 Å². The maximum atomic E-state index is 13.2. The second-order valence-electron chi connectivity index (χ2n) is 3.89. The number of halogens is 1. The van der Waals surface area contributed by atoms with Gasteiger partial charge in [-0.05, 0) is 12.1 Å². The van der Waals surface area contributed by atoms with Crippen LogP contribution in [0.5, 0.6) is 0 Å². The van der Waals surface area contributed by atoms with Crippen molar-refractivity contribution in [3.8, 4) is 11.3 Å². The first kappa shape index (κ1) is 11.3. The summed E-state index contributed by atoms with van der Waals surface area (Å²) >= 11 is 0. The summed E-state index contributed by atoms with van der Waals surface area (Å²) in [7, 11) is 0. The smallest absolute Gasteiger partial charge is 0.312 e. The number of aromatic amines is 1. The molecular formula is C12H7FN4O2. The van der Waals surface area contributed by atoms with Crippen LogP contribution in [0, 0.1) is 15.9 Å². The van der Waals surface area contributed by atoms with Crippen LogP contribution in [0.15, 0.2) is 36.8 Å². The molecule has 7 heteroatoms. The average molecular weight is 258 g/mol. The highest BCUT2D eigenvalue weighted by atomic mass is 19.1. The zero-order valence-corrected chi connectivity index (χ0v) is 9.50. The second kappa shape index (κ2) is 4.13. The number of H-pyrrole nitrogens is 1. The fourth-order valence-corrected chi connectivity index (χ4v) is 1.92. The SMILES string of the molecule is O=[N+]([O-])c1c[nH]c2c(-c3cccc(F)c3)ncnc12. The molecule has 19 heavy (non-hydrogen) atoms. The van der Waals surface area contributed by atoms with E-state index in [9.17, 15) is 14.5 Å². The van der Waals surface area contributed by atoms with Crippen molar-refractivity contribution in [2.24, 2.45) is 0 Å². The summed E-state index contributed by atoms with van der Waals surface area (Å²) in [5.74, 6) is -0.398. The molecule has 0 saturated carbocycles. The Morgan fingerprint density at radius 3 is 2.89 bits per heavy atom. The lowest BCUT2D eigenvalue weighted by Gasteiger charge is -2.01. The molecule has 3 aromatic rings. The third kappa shape index (κ3) is 1.81. The molecule has 0 aliphatic heterocycles. The first-order chi connectivity index (χ1) is 9.16. The zero-order chi connectivity index (χ0) is 13.4. The number of nitrogens with zero attached hydrogens (tertiary/aromatic N) is 3. The molecule has 0 saturated heterocycles. The molecule has 1 aromatic carbocycles. The molecule has 0 radical (unpaired) electrons. The Hall–Kier alpha value is -2.83. The van der Waals surface area contributed by atoms with E-state index in [0.717, 1.165) is 0 Å². The first-order valence-electron chi connectivity index (χ1n) is 5.39. The molecule has 0 amide bonds. The molecule has 0 unspecified atom stereocenters. The molecule has 3 rings (SSSR count). The van der Waals surface area contributed by atoms with E-state index in [4.69, 9.17) is 0 Å². The molecule has 0 atom stereocenters. The molecular weight excluding hydrogens is 251 g/mol. The quantitative estimate of drug-likeness (QED) is 0.565. The van der Waals surface area contributed by atoms with E-state index in [-0.39, 0.29) is 11.2 Å². The Kier molecular flexibility index (Phi) is 2.45. The summed E-state index contributed by atoms with van der Waals surface area (Å²) in [5.41, 5.74) is 1.45. The lowest BCUT2D eigenvalue weighted by Crippen LogP contribution is -1.90. The van der Waals surface area contributed by atoms with Gasteiger partial charge in [-0.25, -0.2) is 14.4 Å². The van der Waals surface area contributed by atoms with Gasteiger partial charge in [0.2, 0.25) is 0 Å². The monoisotopic (exact) mass is 258 g/mol. The van der Waals surface area contributed by atoms with E-state index in [1.54, 1.807) is 12.1 Å². The van der Waals surface area contributed by atoms with Crippen LogP contribution in [-0.2, 0) is 0 Å². The van der Waals surface area contributed by atoms with Crippen LogP contribution in [-0.4, -0.2) is 19.9 Å². The lowest BCUT2D eigenvalue weighted by atomic mass is 10.1. The van der Waals surface area contributed by atoms with Crippen LogP contribution in [0.2, 0.25) is 0 Å². The predicted molar refractivity (Wildman–Crippen MR) is 65.9 cm³/mol. The Morgan fingerprint density at radius 1 is 1.32 bits per heavy atom. The molecule has 94 valence electrons. The minimum absolute atomic E-state index is 0.130. The Balaban J connectivity index is 2.28. The van der Waals surface area contributed by atoms with Crippen LogP contribution in [0.25, 0.3) is 22.3 Å². The standard InChI is InChI=1S/C12H7FN4O2/c13-8-3-1-2-7(4-8)10-12-11(16-6-15-10)9(5-14-12)17(18)19/h1-6,14H. The largest absolute Gasteiger partial charge is 0.352 e. The van der Waals surface area contributed by atoms with E-state index in [1.165, 1.54) is 24.7 Å². The number of hydrogen-bond acceptors (Lipinski definition) is 4. The third-order valence-electron chi connectivity index (χ3n) is 2.74. The van der Waals surface area contributed by atoms with Gasteiger partial charge in [0.15, 0.2) is 5.52 Å². The lowest BCUT2D eigenvalue weighted by molar-refractivity contribution is -0.383. The van der Waals surface area contributed by atoms with Crippen LogP contribution >= 0.6 is 0 Å². The van der Waals surface area contributed by atoms with Crippen LogP contribution in [0.3, 0.4) is 0 Å². The van der Waals surface area contributed by atoms with Crippen molar-refractivity contribution in [2.45, 2.75) is 0 Å². The van der Waals surface area contributed by atoms with Gasteiger partial charge in [0, 0.05) is 5.56 Å². The third-order valence-corrected chi connectivity index (χ3v) is 2.74. The molecule has 2 heterocycles. The van der Waals surface area contributed by atoms with Gasteiger partial charge >= 0.3 is 5.69 Å². The number of aromatic nitrogens is 3. The molecule has 0 fully saturated rings. The van der Waals surface area contributed by atoms with Gasteiger partial charge in [0.05, 0.1) is 22.3 Å². The highest BCUT2D eigenvalue weighted by molar-refractivity contribution is 5.94. The topological polar surface area (TPSA) is 84.7 Å². The van der Waals surface area contributed by atoms with Crippen LogP contribution < -0.4 is 0 Å². The fourth-order valence-electron chi connectivity index (χ4n) is 1.92. The van der Waals surface area contributed by atoms with E-state index in [0.29, 0.717) is 16.8 Å². The number of hydrogen-bond donors (Lipinski definition) is 1. The number of rotatable bonds is 2. The Morgan fingerprint density at radius 2 is 2.16 bits per heavy atom. The number of nitro groups is 1. The molecule has 0 aliphatic carbocycles. The van der Waals surface area contributed by atoms with Crippen molar-refractivity contribution >= 4 is 16.7 Å². The minimum Gasteiger partial charge on any atom is -0.352 e. The normalized spacial score (nSPS) is 10.8. The van der Waals surface area contributed by atoms with Crippen molar-refractivity contribution in [3.05, 3.63) is 52.7 Å². The van der Waals surface area contributed by atoms with Gasteiger partial charge in [0.25, 0.3) is 0 Å². The second-order valence-corrected chi connectivity index (χ2v) is 3.89. The summed E-state index contributed by atoms with van der Waals surface area (Å²) in [6.45, 7) is 0. The van der Waals surface area contributed by atoms with Gasteiger partial charge in [0.1, 0.15) is 12.1 Å². The van der Waals surface area contributed by atoms with Gasteiger partial charge in [-0.2, -0.15) is 0 Å². The molecule has 1 N–H and O–H groups in total. The first-order valence-corrected chi connectivity index (χ1v) is 5.39. The van der Waals surface area contributed by atoms with Crippen LogP contribution in [0.1, 0.15) is 0 Å². The summed E-state index contributed by atoms with van der Waals surface area (Å²) in [6.07, 6.45) is 2.48. The minimum atomic E-state index is -0.527. The fraction of sp³-hybridized carbons (Fsp3) is 0. The van der Waals surface area contributed by atoms with Crippen molar-refractivity contribution < 1.29 is 9.31 Å². The molecule has 6 nitrogen and oxygen atoms in total. The average Bonchev–Trinajstić information content (AvgIpc) is 2.82. The highest BCUT2D eigenvalue weighted by Crippen LogP contribution is 2.29. The maximum Gasteiger partial charge on any atom is 0.312 e. The van der Waals surface area contributed by atoms with E-state index in [1.807, 2.05) is 0 Å². The van der Waals surface area contributed by atoms with Gasteiger partial charge in [-0.1, -0.05) is 12.1 Å². The summed E-state index contributed by atoms with van der Waals surface area (Å²) in [4.78, 5) is 21.0. The predicted octanol–water partition coefficient (Wildman–Crippen LogP) is 2.67. The highest BCUT2D eigenvalue weighted by Gasteiger charge is 2.18. The summed E-state index contributed by atoms with van der Waals surface area (Å²) < 4.78 is 13.2. The van der Waals surface area contributed by atoms with Gasteiger partial charge in [-0.3, -0.25) is 10.1 Å². The molecule has 0 bridgehead atoms. The Bertz CT molecular complexity index is 784. The van der Waals surface area contributed by atoms with Crippen molar-refractivity contribution in [2.75, 3.05) is 0 Å². The maximum absolute atomic E-state index is 13.2. The molecule has 0 spiro atoms. The zero-order valence-electron chi connectivity index (χ0n) is 9.50. The number of nitrogens with one attached hydrogen (secondary N) is 1. The van der Waals surface area contributed by atoms with Crippen molar-refractivity contribution in [1.82, 2.24) is 15.0 Å². The van der Waals surface area contributed by atoms with Crippen LogP contribution in [0.4, 0.5) is 10.1 Å². The van der Waals surface area contributed by atoms with E-state index in [2.05, 4.69) is 15.0 Å². The van der Waals surface area contributed by atoms with Gasteiger partial charge < -0.3 is 4.98 Å².